The Morgan fingerprint density at radius 2 is 1.43 bits per heavy atom. The number of pyridine rings is 1. The van der Waals surface area contributed by atoms with Gasteiger partial charge in [-0.1, -0.05) is 60.7 Å². The van der Waals surface area contributed by atoms with Crippen LogP contribution in [0.4, 0.5) is 0 Å². The Bertz CT molecular complexity index is 1160. The van der Waals surface area contributed by atoms with Crippen LogP contribution in [-0.4, -0.2) is 24.3 Å². The first-order valence-electron chi connectivity index (χ1n) is 9.91. The van der Waals surface area contributed by atoms with Crippen molar-refractivity contribution in [2.75, 3.05) is 14.2 Å². The number of fused-ring (bicyclic) bond motifs is 1. The van der Waals surface area contributed by atoms with Gasteiger partial charge in [-0.3, -0.25) is 4.98 Å². The van der Waals surface area contributed by atoms with Crippen LogP contribution >= 0.6 is 0 Å². The molecule has 0 bridgehead atoms. The Morgan fingerprint density at radius 1 is 0.833 bits per heavy atom. The molecule has 3 aromatic carbocycles. The Hall–Kier alpha value is -3.37. The molecule has 4 heteroatoms. The molecule has 0 radical (unpaired) electrons. The molecule has 0 saturated heterocycles. The van der Waals surface area contributed by atoms with E-state index in [0.29, 0.717) is 23.6 Å². The van der Waals surface area contributed by atoms with E-state index in [-0.39, 0.29) is 0 Å². The normalized spacial score (nSPS) is 13.1. The zero-order valence-electron chi connectivity index (χ0n) is 17.4. The quantitative estimate of drug-likeness (QED) is 0.490. The van der Waals surface area contributed by atoms with Crippen LogP contribution in [0, 0.1) is 0 Å². The average molecular weight is 399 g/mol. The topological polar surface area (TPSA) is 51.6 Å². The lowest BCUT2D eigenvalue weighted by atomic mass is 9.88. The summed E-state index contributed by atoms with van der Waals surface area (Å²) in [5.41, 5.74) is 2.15. The average Bonchev–Trinajstić information content (AvgIpc) is 2.78. The fraction of sp³-hybridized carbons (Fsp3) is 0.192. The Kier molecular flexibility index (Phi) is 5.42. The molecule has 4 aromatic rings. The van der Waals surface area contributed by atoms with Gasteiger partial charge in [0.05, 0.1) is 19.9 Å². The van der Waals surface area contributed by atoms with Crippen molar-refractivity contribution in [3.8, 4) is 11.5 Å². The van der Waals surface area contributed by atoms with Gasteiger partial charge < -0.3 is 14.6 Å². The predicted octanol–water partition coefficient (Wildman–Crippen LogP) is 5.10. The smallest absolute Gasteiger partial charge is 0.161 e. The molecule has 1 atom stereocenters. The van der Waals surface area contributed by atoms with Crippen molar-refractivity contribution >= 4 is 10.8 Å². The minimum Gasteiger partial charge on any atom is -0.493 e. The number of aliphatic hydroxyl groups is 1. The summed E-state index contributed by atoms with van der Waals surface area (Å²) in [6, 6.07) is 25.7. The monoisotopic (exact) mass is 399 g/mol. The molecular formula is C26H25NO3. The van der Waals surface area contributed by atoms with E-state index in [1.807, 2.05) is 60.7 Å². The number of ether oxygens (including phenoxy) is 2. The van der Waals surface area contributed by atoms with Gasteiger partial charge >= 0.3 is 0 Å². The molecule has 4 nitrogen and oxygen atoms in total. The van der Waals surface area contributed by atoms with Gasteiger partial charge in [-0.05, 0) is 41.6 Å². The summed E-state index contributed by atoms with van der Waals surface area (Å²) in [6.07, 6.45) is 0.670. The molecule has 1 heterocycles. The molecule has 30 heavy (non-hydrogen) atoms. The lowest BCUT2D eigenvalue weighted by Crippen LogP contribution is -2.25. The third-order valence-corrected chi connectivity index (χ3v) is 5.41. The molecule has 0 aliphatic heterocycles. The van der Waals surface area contributed by atoms with Crippen LogP contribution in [0.1, 0.15) is 29.4 Å². The van der Waals surface area contributed by atoms with E-state index >= 15 is 0 Å². The molecular weight excluding hydrogens is 374 g/mol. The molecule has 0 fully saturated rings. The number of rotatable bonds is 6. The maximum absolute atomic E-state index is 11.6. The van der Waals surface area contributed by atoms with Crippen molar-refractivity contribution < 1.29 is 14.6 Å². The van der Waals surface area contributed by atoms with Crippen LogP contribution in [0.3, 0.4) is 0 Å². The van der Waals surface area contributed by atoms with Crippen molar-refractivity contribution in [3.63, 3.8) is 0 Å². The fourth-order valence-electron chi connectivity index (χ4n) is 3.80. The van der Waals surface area contributed by atoms with Crippen LogP contribution in [0.15, 0.2) is 78.9 Å². The van der Waals surface area contributed by atoms with E-state index in [1.165, 1.54) is 0 Å². The van der Waals surface area contributed by atoms with E-state index in [9.17, 15) is 5.11 Å². The molecule has 152 valence electrons. The maximum Gasteiger partial charge on any atom is 0.161 e. The van der Waals surface area contributed by atoms with Crippen molar-refractivity contribution in [1.29, 1.82) is 0 Å². The lowest BCUT2D eigenvalue weighted by Gasteiger charge is -2.26. The van der Waals surface area contributed by atoms with Gasteiger partial charge in [0, 0.05) is 17.5 Å². The molecule has 1 N–H and O–H groups in total. The van der Waals surface area contributed by atoms with E-state index in [1.54, 1.807) is 21.1 Å². The number of methoxy groups -OCH3 is 2. The molecule has 0 amide bonds. The molecule has 0 saturated carbocycles. The van der Waals surface area contributed by atoms with E-state index in [4.69, 9.17) is 14.5 Å². The second-order valence-corrected chi connectivity index (χ2v) is 7.49. The first kappa shape index (κ1) is 19.9. The number of aromatic nitrogens is 1. The predicted molar refractivity (Wildman–Crippen MR) is 119 cm³/mol. The van der Waals surface area contributed by atoms with Crippen molar-refractivity contribution in [3.05, 3.63) is 101 Å². The van der Waals surface area contributed by atoms with Gasteiger partial charge in [-0.15, -0.1) is 0 Å². The fourth-order valence-corrected chi connectivity index (χ4v) is 3.80. The lowest BCUT2D eigenvalue weighted by molar-refractivity contribution is 0.0989. The van der Waals surface area contributed by atoms with Crippen LogP contribution in [0.25, 0.3) is 10.8 Å². The first-order chi connectivity index (χ1) is 14.5. The summed E-state index contributed by atoms with van der Waals surface area (Å²) >= 11 is 0. The van der Waals surface area contributed by atoms with E-state index < -0.39 is 5.60 Å². The van der Waals surface area contributed by atoms with Crippen molar-refractivity contribution in [2.24, 2.45) is 0 Å². The summed E-state index contributed by atoms with van der Waals surface area (Å²) in [6.45, 7) is 1.78. The third-order valence-electron chi connectivity index (χ3n) is 5.41. The Balaban J connectivity index is 1.95. The second-order valence-electron chi connectivity index (χ2n) is 7.49. The van der Waals surface area contributed by atoms with Crippen LogP contribution in [0.2, 0.25) is 0 Å². The van der Waals surface area contributed by atoms with E-state index in [2.05, 4.69) is 18.2 Å². The number of hydrogen-bond donors (Lipinski definition) is 1. The summed E-state index contributed by atoms with van der Waals surface area (Å²) in [5, 5.41) is 13.4. The zero-order chi connectivity index (χ0) is 21.1. The molecule has 4 rings (SSSR count). The molecule has 0 spiro atoms. The highest BCUT2D eigenvalue weighted by molar-refractivity contribution is 5.89. The SMILES string of the molecule is COc1cc2cc(Cc3ccccc3)nc(C(C)(O)c3ccccc3)c2cc1OC. The molecule has 1 aromatic heterocycles. The number of benzene rings is 3. The van der Waals surface area contributed by atoms with Crippen molar-refractivity contribution in [2.45, 2.75) is 18.9 Å². The minimum absolute atomic E-state index is 0.595. The van der Waals surface area contributed by atoms with E-state index in [0.717, 1.165) is 27.6 Å². The first-order valence-corrected chi connectivity index (χ1v) is 9.91. The molecule has 1 unspecified atom stereocenters. The highest BCUT2D eigenvalue weighted by atomic mass is 16.5. The van der Waals surface area contributed by atoms with Gasteiger partial charge in [-0.25, -0.2) is 0 Å². The van der Waals surface area contributed by atoms with Crippen molar-refractivity contribution in [1.82, 2.24) is 4.98 Å². The van der Waals surface area contributed by atoms with Gasteiger partial charge in [0.25, 0.3) is 0 Å². The highest BCUT2D eigenvalue weighted by Gasteiger charge is 2.30. The Morgan fingerprint density at radius 3 is 2.07 bits per heavy atom. The van der Waals surface area contributed by atoms with Gasteiger partial charge in [-0.2, -0.15) is 0 Å². The van der Waals surface area contributed by atoms with Gasteiger partial charge in [0.2, 0.25) is 0 Å². The van der Waals surface area contributed by atoms with Crippen LogP contribution < -0.4 is 9.47 Å². The highest BCUT2D eigenvalue weighted by Crippen LogP contribution is 2.38. The van der Waals surface area contributed by atoms with Crippen LogP contribution in [-0.2, 0) is 12.0 Å². The van der Waals surface area contributed by atoms with Gasteiger partial charge in [0.15, 0.2) is 11.5 Å². The van der Waals surface area contributed by atoms with Gasteiger partial charge in [0.1, 0.15) is 5.60 Å². The standard InChI is InChI=1S/C26H25NO3/c1-26(28,20-12-8-5-9-13-20)25-22-17-24(30-3)23(29-2)16-19(22)15-21(27-25)14-18-10-6-4-7-11-18/h4-13,15-17,28H,14H2,1-3H3. The second kappa shape index (κ2) is 8.17. The largest absolute Gasteiger partial charge is 0.493 e. The number of hydrogen-bond acceptors (Lipinski definition) is 4. The zero-order valence-corrected chi connectivity index (χ0v) is 17.4. The summed E-state index contributed by atoms with van der Waals surface area (Å²) in [4.78, 5) is 4.93. The summed E-state index contributed by atoms with van der Waals surface area (Å²) < 4.78 is 11.0. The molecule has 0 aliphatic carbocycles. The molecule has 0 aliphatic rings. The third kappa shape index (κ3) is 3.74. The minimum atomic E-state index is -1.27. The number of nitrogens with zero attached hydrogens (tertiary/aromatic N) is 1. The maximum atomic E-state index is 11.6. The summed E-state index contributed by atoms with van der Waals surface area (Å²) in [7, 11) is 3.23. The summed E-state index contributed by atoms with van der Waals surface area (Å²) in [5.74, 6) is 1.25. The Labute approximate surface area is 176 Å². The van der Waals surface area contributed by atoms with Crippen LogP contribution in [0.5, 0.6) is 11.5 Å².